The fourth-order valence-corrected chi connectivity index (χ4v) is 3.54. The number of nitrogens with one attached hydrogen (secondary N) is 1. The number of piperidine rings is 1. The van der Waals surface area contributed by atoms with E-state index in [0.717, 1.165) is 42.7 Å². The summed E-state index contributed by atoms with van der Waals surface area (Å²) in [7, 11) is 0. The van der Waals surface area contributed by atoms with E-state index in [9.17, 15) is 4.79 Å². The zero-order valence-electron chi connectivity index (χ0n) is 12.2. The molecule has 3 nitrogen and oxygen atoms in total. The van der Waals surface area contributed by atoms with Crippen molar-refractivity contribution in [3.05, 3.63) is 34.9 Å². The first-order valence-corrected chi connectivity index (χ1v) is 7.25. The molecule has 2 aliphatic rings. The Morgan fingerprint density at radius 3 is 2.65 bits per heavy atom. The molecule has 1 N–H and O–H groups in total. The van der Waals surface area contributed by atoms with Crippen LogP contribution in [0.4, 0.5) is 0 Å². The van der Waals surface area contributed by atoms with Gasteiger partial charge in [-0.15, -0.1) is 12.4 Å². The smallest absolute Gasteiger partial charge is 0.254 e. The molecule has 2 fully saturated rings. The van der Waals surface area contributed by atoms with Crippen LogP contribution in [0.15, 0.2) is 18.2 Å². The Balaban J connectivity index is 0.00000147. The number of halogens is 1. The summed E-state index contributed by atoms with van der Waals surface area (Å²) in [5, 5.41) is 3.54. The van der Waals surface area contributed by atoms with Crippen LogP contribution in [-0.4, -0.2) is 36.5 Å². The molecule has 0 aromatic heterocycles. The number of carbonyl (C=O) groups excluding carboxylic acids is 1. The van der Waals surface area contributed by atoms with E-state index in [4.69, 9.17) is 0 Å². The quantitative estimate of drug-likeness (QED) is 0.863. The maximum absolute atomic E-state index is 12.7. The summed E-state index contributed by atoms with van der Waals surface area (Å²) in [6, 6.07) is 6.73. The molecule has 0 bridgehead atoms. The van der Waals surface area contributed by atoms with Crippen molar-refractivity contribution in [2.24, 2.45) is 5.92 Å². The molecule has 2 aliphatic heterocycles. The largest absolute Gasteiger partial charge is 0.338 e. The molecular formula is C16H23ClN2O. The summed E-state index contributed by atoms with van der Waals surface area (Å²) >= 11 is 0. The first-order valence-electron chi connectivity index (χ1n) is 7.25. The van der Waals surface area contributed by atoms with Gasteiger partial charge in [-0.3, -0.25) is 4.79 Å². The van der Waals surface area contributed by atoms with Gasteiger partial charge in [-0.25, -0.2) is 0 Å². The highest BCUT2D eigenvalue weighted by Gasteiger charge is 2.34. The number of rotatable bonds is 1. The number of hydrogen-bond donors (Lipinski definition) is 1. The fraction of sp³-hybridized carbons (Fsp3) is 0.562. The number of aryl methyl sites for hydroxylation is 2. The van der Waals surface area contributed by atoms with Crippen LogP contribution in [0.5, 0.6) is 0 Å². The SMILES string of the molecule is Cc1cccc(C)c1C(=O)N1CCC2NCCC2C1.Cl. The van der Waals surface area contributed by atoms with Crippen molar-refractivity contribution in [3.63, 3.8) is 0 Å². The van der Waals surface area contributed by atoms with Crippen molar-refractivity contribution < 1.29 is 4.79 Å². The molecule has 110 valence electrons. The number of nitrogens with zero attached hydrogens (tertiary/aromatic N) is 1. The average molecular weight is 295 g/mol. The van der Waals surface area contributed by atoms with Crippen molar-refractivity contribution in [1.29, 1.82) is 0 Å². The predicted molar refractivity (Wildman–Crippen MR) is 83.6 cm³/mol. The van der Waals surface area contributed by atoms with E-state index in [-0.39, 0.29) is 18.3 Å². The molecule has 4 heteroatoms. The van der Waals surface area contributed by atoms with Gasteiger partial charge in [0.25, 0.3) is 5.91 Å². The zero-order chi connectivity index (χ0) is 13.4. The maximum atomic E-state index is 12.7. The summed E-state index contributed by atoms with van der Waals surface area (Å²) in [6.45, 7) is 6.99. The van der Waals surface area contributed by atoms with Crippen LogP contribution >= 0.6 is 12.4 Å². The van der Waals surface area contributed by atoms with E-state index in [1.165, 1.54) is 6.42 Å². The zero-order valence-corrected chi connectivity index (χ0v) is 13.0. The molecule has 20 heavy (non-hydrogen) atoms. The number of carbonyl (C=O) groups is 1. The summed E-state index contributed by atoms with van der Waals surface area (Å²) < 4.78 is 0. The van der Waals surface area contributed by atoms with Gasteiger partial charge in [0.1, 0.15) is 0 Å². The van der Waals surface area contributed by atoms with Gasteiger partial charge >= 0.3 is 0 Å². The number of likely N-dealkylation sites (tertiary alicyclic amines) is 1. The molecule has 2 atom stereocenters. The highest BCUT2D eigenvalue weighted by atomic mass is 35.5. The second kappa shape index (κ2) is 6.15. The van der Waals surface area contributed by atoms with Crippen LogP contribution in [0.1, 0.15) is 34.3 Å². The second-order valence-corrected chi connectivity index (χ2v) is 5.92. The van der Waals surface area contributed by atoms with Crippen LogP contribution in [0, 0.1) is 19.8 Å². The number of fused-ring (bicyclic) bond motifs is 1. The number of benzene rings is 1. The molecule has 2 unspecified atom stereocenters. The molecule has 0 radical (unpaired) electrons. The van der Waals surface area contributed by atoms with Gasteiger partial charge in [0.15, 0.2) is 0 Å². The topological polar surface area (TPSA) is 32.3 Å². The van der Waals surface area contributed by atoms with E-state index in [2.05, 4.69) is 10.2 Å². The number of hydrogen-bond acceptors (Lipinski definition) is 2. The Hall–Kier alpha value is -1.06. The highest BCUT2D eigenvalue weighted by molar-refractivity contribution is 5.97. The van der Waals surface area contributed by atoms with Crippen molar-refractivity contribution in [2.45, 2.75) is 32.7 Å². The van der Waals surface area contributed by atoms with Gasteiger partial charge < -0.3 is 10.2 Å². The molecule has 3 rings (SSSR count). The van der Waals surface area contributed by atoms with Crippen LogP contribution in [0.2, 0.25) is 0 Å². The maximum Gasteiger partial charge on any atom is 0.254 e. The first-order chi connectivity index (χ1) is 9.16. The third-order valence-corrected chi connectivity index (χ3v) is 4.64. The first kappa shape index (κ1) is 15.3. The standard InChI is InChI=1S/C16H22N2O.ClH/c1-11-4-3-5-12(2)15(11)16(19)18-9-7-14-13(10-18)6-8-17-14;/h3-5,13-14,17H,6-10H2,1-2H3;1H. The number of amides is 1. The van der Waals surface area contributed by atoms with Gasteiger partial charge in [0, 0.05) is 24.7 Å². The summed E-state index contributed by atoms with van der Waals surface area (Å²) in [5.41, 5.74) is 3.10. The van der Waals surface area contributed by atoms with Crippen LogP contribution in [0.3, 0.4) is 0 Å². The van der Waals surface area contributed by atoms with Gasteiger partial charge in [-0.05, 0) is 50.3 Å². The molecule has 1 aromatic rings. The Labute approximate surface area is 127 Å². The monoisotopic (exact) mass is 294 g/mol. The Bertz CT molecular complexity index is 483. The van der Waals surface area contributed by atoms with E-state index in [1.807, 2.05) is 32.0 Å². The van der Waals surface area contributed by atoms with E-state index in [1.54, 1.807) is 0 Å². The van der Waals surface area contributed by atoms with E-state index < -0.39 is 0 Å². The molecule has 1 amide bonds. The lowest BCUT2D eigenvalue weighted by atomic mass is 9.92. The molecule has 0 saturated carbocycles. The Kier molecular flexibility index (Phi) is 4.71. The molecule has 2 heterocycles. The van der Waals surface area contributed by atoms with Gasteiger partial charge in [-0.1, -0.05) is 18.2 Å². The van der Waals surface area contributed by atoms with Crippen molar-refractivity contribution >= 4 is 18.3 Å². The summed E-state index contributed by atoms with van der Waals surface area (Å²) in [6.07, 6.45) is 2.31. The van der Waals surface area contributed by atoms with Crippen molar-refractivity contribution in [2.75, 3.05) is 19.6 Å². The molecular weight excluding hydrogens is 272 g/mol. The molecule has 0 aliphatic carbocycles. The molecule has 0 spiro atoms. The second-order valence-electron chi connectivity index (χ2n) is 5.92. The average Bonchev–Trinajstić information content (AvgIpc) is 2.85. The lowest BCUT2D eigenvalue weighted by Crippen LogP contribution is -2.47. The lowest BCUT2D eigenvalue weighted by Gasteiger charge is -2.35. The summed E-state index contributed by atoms with van der Waals surface area (Å²) in [5.74, 6) is 0.878. The van der Waals surface area contributed by atoms with Crippen LogP contribution in [-0.2, 0) is 0 Å². The Morgan fingerprint density at radius 2 is 1.95 bits per heavy atom. The molecule has 2 saturated heterocycles. The van der Waals surface area contributed by atoms with Crippen molar-refractivity contribution in [3.8, 4) is 0 Å². The minimum absolute atomic E-state index is 0. The van der Waals surface area contributed by atoms with Crippen LogP contribution in [0.25, 0.3) is 0 Å². The minimum Gasteiger partial charge on any atom is -0.338 e. The normalized spacial score (nSPS) is 25.0. The minimum atomic E-state index is 0. The summed E-state index contributed by atoms with van der Waals surface area (Å²) in [4.78, 5) is 14.8. The third-order valence-electron chi connectivity index (χ3n) is 4.64. The highest BCUT2D eigenvalue weighted by Crippen LogP contribution is 2.26. The van der Waals surface area contributed by atoms with E-state index in [0.29, 0.717) is 12.0 Å². The van der Waals surface area contributed by atoms with Gasteiger partial charge in [-0.2, -0.15) is 0 Å². The van der Waals surface area contributed by atoms with Crippen molar-refractivity contribution in [1.82, 2.24) is 10.2 Å². The third kappa shape index (κ3) is 2.70. The fourth-order valence-electron chi connectivity index (χ4n) is 3.54. The van der Waals surface area contributed by atoms with Gasteiger partial charge in [0.2, 0.25) is 0 Å². The van der Waals surface area contributed by atoms with Crippen LogP contribution < -0.4 is 5.32 Å². The lowest BCUT2D eigenvalue weighted by molar-refractivity contribution is 0.0660. The van der Waals surface area contributed by atoms with E-state index >= 15 is 0 Å². The predicted octanol–water partition coefficient (Wildman–Crippen LogP) is 2.55. The molecule has 1 aromatic carbocycles. The van der Waals surface area contributed by atoms with Gasteiger partial charge in [0.05, 0.1) is 0 Å². The Morgan fingerprint density at radius 1 is 1.25 bits per heavy atom.